The van der Waals surface area contributed by atoms with E-state index in [9.17, 15) is 18.3 Å². The van der Waals surface area contributed by atoms with Crippen molar-refractivity contribution in [2.45, 2.75) is 4.90 Å². The van der Waals surface area contributed by atoms with Crippen LogP contribution in [0.15, 0.2) is 87.5 Å². The van der Waals surface area contributed by atoms with Gasteiger partial charge in [-0.1, -0.05) is 35.9 Å². The Hall–Kier alpha value is -3.46. The van der Waals surface area contributed by atoms with Crippen LogP contribution in [0.5, 0.6) is 5.88 Å². The number of primary sulfonamides is 1. The molecular weight excluding hydrogens is 438 g/mol. The molecule has 0 fully saturated rings. The number of aromatic nitrogens is 1. The van der Waals surface area contributed by atoms with Crippen LogP contribution in [-0.4, -0.2) is 24.3 Å². The first-order valence-corrected chi connectivity index (χ1v) is 11.0. The van der Waals surface area contributed by atoms with Gasteiger partial charge in [0.25, 0.3) is 5.56 Å². The molecule has 9 heteroatoms. The fraction of sp³-hybridized carbons (Fsp3) is 0. The maximum Gasteiger partial charge on any atom is 0.265 e. The van der Waals surface area contributed by atoms with E-state index in [1.807, 2.05) is 0 Å². The molecule has 0 bridgehead atoms. The van der Waals surface area contributed by atoms with E-state index < -0.39 is 15.6 Å². The summed E-state index contributed by atoms with van der Waals surface area (Å²) in [5.74, 6) is -0.295. The van der Waals surface area contributed by atoms with Crippen molar-refractivity contribution >= 4 is 44.3 Å². The Bertz CT molecular complexity index is 1490. The van der Waals surface area contributed by atoms with Crippen molar-refractivity contribution in [3.63, 3.8) is 0 Å². The van der Waals surface area contributed by atoms with Crippen LogP contribution in [0.3, 0.4) is 0 Å². The standard InChI is InChI=1S/C22H16ClN3O4S/c23-14-4-3-5-16(12-14)26-21(27)19-7-2-1-6-18(19)20(22(26)28)13-25-15-8-10-17(11-9-15)31(24,29)30/h1-13,28H,(H2,24,29,30). The van der Waals surface area contributed by atoms with Gasteiger partial charge in [0, 0.05) is 22.0 Å². The van der Waals surface area contributed by atoms with Gasteiger partial charge in [0.05, 0.1) is 21.8 Å². The molecule has 0 atom stereocenters. The minimum atomic E-state index is -3.81. The van der Waals surface area contributed by atoms with E-state index in [1.165, 1.54) is 35.0 Å². The summed E-state index contributed by atoms with van der Waals surface area (Å²) in [6, 6.07) is 19.1. The maximum atomic E-state index is 13.1. The number of nitrogens with zero attached hydrogens (tertiary/aromatic N) is 2. The summed E-state index contributed by atoms with van der Waals surface area (Å²) < 4.78 is 24.0. The van der Waals surface area contributed by atoms with Crippen LogP contribution >= 0.6 is 11.6 Å². The molecule has 7 nitrogen and oxygen atoms in total. The second-order valence-electron chi connectivity index (χ2n) is 6.70. The van der Waals surface area contributed by atoms with Crippen molar-refractivity contribution < 1.29 is 13.5 Å². The number of aromatic hydroxyl groups is 1. The van der Waals surface area contributed by atoms with Crippen molar-refractivity contribution in [1.29, 1.82) is 0 Å². The van der Waals surface area contributed by atoms with E-state index in [1.54, 1.807) is 48.5 Å². The lowest BCUT2D eigenvalue weighted by molar-refractivity contribution is 0.436. The largest absolute Gasteiger partial charge is 0.494 e. The van der Waals surface area contributed by atoms with Gasteiger partial charge in [-0.2, -0.15) is 0 Å². The van der Waals surface area contributed by atoms with E-state index in [0.717, 1.165) is 0 Å². The molecule has 0 spiro atoms. The molecular formula is C22H16ClN3O4S. The fourth-order valence-corrected chi connectivity index (χ4v) is 3.90. The molecule has 1 heterocycles. The van der Waals surface area contributed by atoms with Gasteiger partial charge in [0.1, 0.15) is 0 Å². The first kappa shape index (κ1) is 20.8. The van der Waals surface area contributed by atoms with Crippen molar-refractivity contribution in [1.82, 2.24) is 4.57 Å². The monoisotopic (exact) mass is 453 g/mol. The zero-order chi connectivity index (χ0) is 22.2. The molecule has 3 N–H and O–H groups in total. The van der Waals surface area contributed by atoms with Gasteiger partial charge in [-0.15, -0.1) is 0 Å². The third-order valence-corrected chi connectivity index (χ3v) is 5.84. The molecule has 0 aliphatic carbocycles. The highest BCUT2D eigenvalue weighted by molar-refractivity contribution is 7.89. The molecule has 0 radical (unpaired) electrons. The SMILES string of the molecule is NS(=O)(=O)c1ccc(N=Cc2c(O)n(-c3cccc(Cl)c3)c(=O)c3ccccc23)cc1. The molecule has 0 aliphatic rings. The Balaban J connectivity index is 1.90. The Morgan fingerprint density at radius 3 is 2.29 bits per heavy atom. The Kier molecular flexibility index (Phi) is 5.36. The second kappa shape index (κ2) is 7.99. The number of fused-ring (bicyclic) bond motifs is 1. The third kappa shape index (κ3) is 4.09. The minimum Gasteiger partial charge on any atom is -0.494 e. The molecule has 0 amide bonds. The lowest BCUT2D eigenvalue weighted by atomic mass is 10.1. The molecule has 0 aliphatic heterocycles. The number of halogens is 1. The minimum absolute atomic E-state index is 0.0331. The molecule has 4 aromatic rings. The van der Waals surface area contributed by atoms with E-state index in [-0.39, 0.29) is 10.8 Å². The van der Waals surface area contributed by atoms with E-state index in [2.05, 4.69) is 4.99 Å². The smallest absolute Gasteiger partial charge is 0.265 e. The van der Waals surface area contributed by atoms with Crippen molar-refractivity contribution in [3.05, 3.63) is 93.7 Å². The van der Waals surface area contributed by atoms with Gasteiger partial charge in [-0.25, -0.2) is 18.1 Å². The average Bonchev–Trinajstić information content (AvgIpc) is 2.73. The van der Waals surface area contributed by atoms with Crippen LogP contribution < -0.4 is 10.7 Å². The number of nitrogens with two attached hydrogens (primary N) is 1. The van der Waals surface area contributed by atoms with Crippen LogP contribution in [0.1, 0.15) is 5.56 Å². The molecule has 1 aromatic heterocycles. The van der Waals surface area contributed by atoms with Gasteiger partial charge in [-0.3, -0.25) is 9.79 Å². The maximum absolute atomic E-state index is 13.1. The number of hydrogen-bond acceptors (Lipinski definition) is 5. The van der Waals surface area contributed by atoms with Gasteiger partial charge >= 0.3 is 0 Å². The van der Waals surface area contributed by atoms with Crippen molar-refractivity contribution in [2.24, 2.45) is 10.1 Å². The van der Waals surface area contributed by atoms with Crippen LogP contribution in [0.4, 0.5) is 5.69 Å². The molecule has 4 rings (SSSR count). The highest BCUT2D eigenvalue weighted by atomic mass is 35.5. The normalized spacial score (nSPS) is 11.9. The highest BCUT2D eigenvalue weighted by Gasteiger charge is 2.16. The third-order valence-electron chi connectivity index (χ3n) is 4.68. The Labute approximate surface area is 182 Å². The molecule has 0 saturated heterocycles. The summed E-state index contributed by atoms with van der Waals surface area (Å²) in [4.78, 5) is 17.4. The number of benzene rings is 3. The lowest BCUT2D eigenvalue weighted by Gasteiger charge is -2.14. The zero-order valence-corrected chi connectivity index (χ0v) is 17.5. The van der Waals surface area contributed by atoms with Gasteiger partial charge in [0.2, 0.25) is 15.9 Å². The second-order valence-corrected chi connectivity index (χ2v) is 8.70. The fourth-order valence-electron chi connectivity index (χ4n) is 3.21. The van der Waals surface area contributed by atoms with E-state index in [0.29, 0.717) is 32.7 Å². The summed E-state index contributed by atoms with van der Waals surface area (Å²) in [5.41, 5.74) is 0.778. The van der Waals surface area contributed by atoms with Gasteiger partial charge < -0.3 is 5.11 Å². The van der Waals surface area contributed by atoms with Gasteiger partial charge in [-0.05, 0) is 48.5 Å². The van der Waals surface area contributed by atoms with E-state index in [4.69, 9.17) is 16.7 Å². The summed E-state index contributed by atoms with van der Waals surface area (Å²) in [6.07, 6.45) is 1.42. The van der Waals surface area contributed by atoms with Crippen LogP contribution in [0.2, 0.25) is 5.02 Å². The summed E-state index contributed by atoms with van der Waals surface area (Å²) >= 11 is 6.07. The number of sulfonamides is 1. The van der Waals surface area contributed by atoms with E-state index >= 15 is 0 Å². The molecule has 156 valence electrons. The van der Waals surface area contributed by atoms with Crippen molar-refractivity contribution in [2.75, 3.05) is 0 Å². The topological polar surface area (TPSA) is 115 Å². The summed E-state index contributed by atoms with van der Waals surface area (Å²) in [6.45, 7) is 0. The predicted molar refractivity (Wildman–Crippen MR) is 121 cm³/mol. The van der Waals surface area contributed by atoms with Crippen LogP contribution in [0.25, 0.3) is 16.5 Å². The number of aliphatic imine (C=N–C) groups is 1. The first-order valence-electron chi connectivity index (χ1n) is 9.05. The lowest BCUT2D eigenvalue weighted by Crippen LogP contribution is -2.20. The van der Waals surface area contributed by atoms with Crippen molar-refractivity contribution in [3.8, 4) is 11.6 Å². The van der Waals surface area contributed by atoms with Crippen LogP contribution in [0, 0.1) is 0 Å². The number of pyridine rings is 1. The molecule has 0 saturated carbocycles. The van der Waals surface area contributed by atoms with Crippen LogP contribution in [-0.2, 0) is 10.0 Å². The quantitative estimate of drug-likeness (QED) is 0.458. The molecule has 0 unspecified atom stereocenters. The molecule has 31 heavy (non-hydrogen) atoms. The summed E-state index contributed by atoms with van der Waals surface area (Å²) in [5, 5.41) is 17.4. The Morgan fingerprint density at radius 1 is 0.968 bits per heavy atom. The first-order chi connectivity index (χ1) is 14.8. The van der Waals surface area contributed by atoms with Gasteiger partial charge in [0.15, 0.2) is 0 Å². The zero-order valence-electron chi connectivity index (χ0n) is 15.9. The Morgan fingerprint density at radius 2 is 1.65 bits per heavy atom. The molecule has 3 aromatic carbocycles. The number of hydrogen-bond donors (Lipinski definition) is 2. The average molecular weight is 454 g/mol. The highest BCUT2D eigenvalue weighted by Crippen LogP contribution is 2.27. The predicted octanol–water partition coefficient (Wildman–Crippen LogP) is 3.75. The summed E-state index contributed by atoms with van der Waals surface area (Å²) in [7, 11) is -3.81. The number of rotatable bonds is 4.